The van der Waals surface area contributed by atoms with Crippen LogP contribution < -0.4 is 11.1 Å². The van der Waals surface area contributed by atoms with Crippen LogP contribution in [0.3, 0.4) is 0 Å². The summed E-state index contributed by atoms with van der Waals surface area (Å²) < 4.78 is 0. The van der Waals surface area contributed by atoms with Crippen LogP contribution in [-0.4, -0.2) is 5.91 Å². The molecular formula is C11H12N2O. The molecule has 2 rings (SSSR count). The fourth-order valence-electron chi connectivity index (χ4n) is 1.58. The normalized spacial score (nSPS) is 13.9. The quantitative estimate of drug-likeness (QED) is 0.737. The van der Waals surface area contributed by atoms with Crippen molar-refractivity contribution in [2.75, 3.05) is 5.32 Å². The van der Waals surface area contributed by atoms with Gasteiger partial charge in [-0.1, -0.05) is 24.3 Å². The van der Waals surface area contributed by atoms with E-state index >= 15 is 0 Å². The summed E-state index contributed by atoms with van der Waals surface area (Å²) in [6.45, 7) is 0. The average Bonchev–Trinajstić information content (AvgIpc) is 2.17. The van der Waals surface area contributed by atoms with Gasteiger partial charge in [0.2, 0.25) is 5.91 Å². The SMILES string of the molecule is NC(=O)CC1=CCc2ccccc2N1. The number of hydrogen-bond acceptors (Lipinski definition) is 2. The Bertz CT molecular complexity index is 396. The minimum atomic E-state index is -0.303. The van der Waals surface area contributed by atoms with Crippen molar-refractivity contribution in [1.82, 2.24) is 0 Å². The van der Waals surface area contributed by atoms with Crippen LogP contribution in [0.4, 0.5) is 5.69 Å². The molecule has 0 radical (unpaired) electrons. The molecule has 1 amide bonds. The Balaban J connectivity index is 2.17. The third-order valence-electron chi connectivity index (χ3n) is 2.25. The molecule has 72 valence electrons. The molecule has 0 aromatic heterocycles. The van der Waals surface area contributed by atoms with Gasteiger partial charge in [-0.15, -0.1) is 0 Å². The lowest BCUT2D eigenvalue weighted by Gasteiger charge is -2.18. The highest BCUT2D eigenvalue weighted by Crippen LogP contribution is 2.23. The number of fused-ring (bicyclic) bond motifs is 1. The van der Waals surface area contributed by atoms with Crippen molar-refractivity contribution in [2.24, 2.45) is 5.73 Å². The Morgan fingerprint density at radius 3 is 3.00 bits per heavy atom. The summed E-state index contributed by atoms with van der Waals surface area (Å²) in [7, 11) is 0. The molecule has 3 heteroatoms. The molecule has 0 atom stereocenters. The Labute approximate surface area is 82.6 Å². The Hall–Kier alpha value is -1.77. The van der Waals surface area contributed by atoms with Crippen LogP contribution in [0.25, 0.3) is 0 Å². The number of nitrogens with two attached hydrogens (primary N) is 1. The van der Waals surface area contributed by atoms with Crippen LogP contribution in [0.5, 0.6) is 0 Å². The van der Waals surface area contributed by atoms with Gasteiger partial charge in [-0.05, 0) is 18.1 Å². The van der Waals surface area contributed by atoms with Crippen LogP contribution in [-0.2, 0) is 11.2 Å². The number of primary amides is 1. The molecular weight excluding hydrogens is 176 g/mol. The predicted octanol–water partition coefficient (Wildman–Crippen LogP) is 1.41. The van der Waals surface area contributed by atoms with Gasteiger partial charge in [-0.3, -0.25) is 4.79 Å². The molecule has 0 bridgehead atoms. The molecule has 0 saturated carbocycles. The monoisotopic (exact) mass is 188 g/mol. The summed E-state index contributed by atoms with van der Waals surface area (Å²) in [6.07, 6.45) is 3.16. The first-order valence-corrected chi connectivity index (χ1v) is 4.58. The average molecular weight is 188 g/mol. The molecule has 3 N–H and O–H groups in total. The number of para-hydroxylation sites is 1. The van der Waals surface area contributed by atoms with Crippen molar-refractivity contribution >= 4 is 11.6 Å². The smallest absolute Gasteiger partial charge is 0.223 e. The summed E-state index contributed by atoms with van der Waals surface area (Å²) in [5.74, 6) is -0.303. The number of allylic oxidation sites excluding steroid dienone is 1. The fraction of sp³-hybridized carbons (Fsp3) is 0.182. The minimum Gasteiger partial charge on any atom is -0.369 e. The van der Waals surface area contributed by atoms with Crippen molar-refractivity contribution in [3.05, 3.63) is 41.6 Å². The molecule has 3 nitrogen and oxygen atoms in total. The van der Waals surface area contributed by atoms with Crippen molar-refractivity contribution in [1.29, 1.82) is 0 Å². The molecule has 0 fully saturated rings. The zero-order valence-electron chi connectivity index (χ0n) is 7.79. The van der Waals surface area contributed by atoms with Gasteiger partial charge in [-0.2, -0.15) is 0 Å². The largest absolute Gasteiger partial charge is 0.369 e. The molecule has 1 aromatic carbocycles. The van der Waals surface area contributed by atoms with E-state index in [1.54, 1.807) is 0 Å². The summed E-state index contributed by atoms with van der Waals surface area (Å²) in [5, 5.41) is 3.19. The van der Waals surface area contributed by atoms with Gasteiger partial charge >= 0.3 is 0 Å². The highest BCUT2D eigenvalue weighted by molar-refractivity contribution is 5.78. The van der Waals surface area contributed by atoms with Crippen LogP contribution in [0.15, 0.2) is 36.0 Å². The highest BCUT2D eigenvalue weighted by atomic mass is 16.1. The lowest BCUT2D eigenvalue weighted by Crippen LogP contribution is -2.17. The van der Waals surface area contributed by atoms with Crippen LogP contribution in [0.1, 0.15) is 12.0 Å². The van der Waals surface area contributed by atoms with E-state index in [2.05, 4.69) is 11.4 Å². The van der Waals surface area contributed by atoms with Crippen LogP contribution >= 0.6 is 0 Å². The topological polar surface area (TPSA) is 55.1 Å². The van der Waals surface area contributed by atoms with Crippen molar-refractivity contribution in [3.8, 4) is 0 Å². The number of nitrogens with one attached hydrogen (secondary N) is 1. The van der Waals surface area contributed by atoms with E-state index in [-0.39, 0.29) is 12.3 Å². The summed E-state index contributed by atoms with van der Waals surface area (Å²) in [5.41, 5.74) is 8.35. The van der Waals surface area contributed by atoms with E-state index < -0.39 is 0 Å². The van der Waals surface area contributed by atoms with Gasteiger partial charge in [0, 0.05) is 11.4 Å². The molecule has 1 heterocycles. The number of anilines is 1. The second-order valence-corrected chi connectivity index (χ2v) is 3.36. The van der Waals surface area contributed by atoms with Crippen molar-refractivity contribution in [2.45, 2.75) is 12.8 Å². The Morgan fingerprint density at radius 1 is 1.43 bits per heavy atom. The highest BCUT2D eigenvalue weighted by Gasteiger charge is 2.10. The minimum absolute atomic E-state index is 0.286. The van der Waals surface area contributed by atoms with E-state index in [1.165, 1.54) is 5.56 Å². The van der Waals surface area contributed by atoms with Crippen LogP contribution in [0.2, 0.25) is 0 Å². The third-order valence-corrected chi connectivity index (χ3v) is 2.25. The maximum absolute atomic E-state index is 10.7. The molecule has 0 spiro atoms. The second-order valence-electron chi connectivity index (χ2n) is 3.36. The zero-order valence-corrected chi connectivity index (χ0v) is 7.79. The number of benzene rings is 1. The first-order valence-electron chi connectivity index (χ1n) is 4.58. The zero-order chi connectivity index (χ0) is 9.97. The van der Waals surface area contributed by atoms with Gasteiger partial charge in [0.25, 0.3) is 0 Å². The van der Waals surface area contributed by atoms with Crippen molar-refractivity contribution < 1.29 is 4.79 Å². The van der Waals surface area contributed by atoms with Gasteiger partial charge in [0.1, 0.15) is 0 Å². The third kappa shape index (κ3) is 1.76. The molecule has 0 saturated heterocycles. The Morgan fingerprint density at radius 2 is 2.21 bits per heavy atom. The molecule has 14 heavy (non-hydrogen) atoms. The number of carbonyl (C=O) groups excluding carboxylic acids is 1. The lowest BCUT2D eigenvalue weighted by atomic mass is 10.0. The number of hydrogen-bond donors (Lipinski definition) is 2. The summed E-state index contributed by atoms with van der Waals surface area (Å²) in [6, 6.07) is 8.05. The lowest BCUT2D eigenvalue weighted by molar-refractivity contribution is -0.117. The fourth-order valence-corrected chi connectivity index (χ4v) is 1.58. The van der Waals surface area contributed by atoms with Crippen molar-refractivity contribution in [3.63, 3.8) is 0 Å². The summed E-state index contributed by atoms with van der Waals surface area (Å²) >= 11 is 0. The summed E-state index contributed by atoms with van der Waals surface area (Å²) in [4.78, 5) is 10.7. The van der Waals surface area contributed by atoms with Crippen LogP contribution in [0, 0.1) is 0 Å². The molecule has 1 aliphatic heterocycles. The molecule has 0 aliphatic carbocycles. The molecule has 1 aliphatic rings. The standard InChI is InChI=1S/C11H12N2O/c12-11(14)7-9-6-5-8-3-1-2-4-10(8)13-9/h1-4,6,13H,5,7H2,(H2,12,14). The maximum Gasteiger partial charge on any atom is 0.223 e. The number of amides is 1. The number of rotatable bonds is 2. The molecule has 1 aromatic rings. The van der Waals surface area contributed by atoms with E-state index in [9.17, 15) is 4.79 Å². The Kier molecular flexibility index (Phi) is 2.23. The van der Waals surface area contributed by atoms with E-state index in [0.717, 1.165) is 17.8 Å². The first-order chi connectivity index (χ1) is 6.75. The van der Waals surface area contributed by atoms with E-state index in [0.29, 0.717) is 0 Å². The van der Waals surface area contributed by atoms with E-state index in [1.807, 2.05) is 24.3 Å². The predicted molar refractivity (Wildman–Crippen MR) is 55.7 cm³/mol. The first kappa shape index (κ1) is 8.81. The van der Waals surface area contributed by atoms with Gasteiger partial charge < -0.3 is 11.1 Å². The van der Waals surface area contributed by atoms with Gasteiger partial charge in [0.15, 0.2) is 0 Å². The van der Waals surface area contributed by atoms with E-state index in [4.69, 9.17) is 5.73 Å². The number of carbonyl (C=O) groups is 1. The van der Waals surface area contributed by atoms with Gasteiger partial charge in [-0.25, -0.2) is 0 Å². The maximum atomic E-state index is 10.7. The van der Waals surface area contributed by atoms with Gasteiger partial charge in [0.05, 0.1) is 6.42 Å². The molecule has 0 unspecified atom stereocenters. The second kappa shape index (κ2) is 3.54.